The lowest BCUT2D eigenvalue weighted by Crippen LogP contribution is -2.44. The van der Waals surface area contributed by atoms with Crippen LogP contribution < -0.4 is 15.4 Å². The molecule has 164 valence electrons. The minimum atomic E-state index is -0.661. The molecule has 0 spiro atoms. The first-order chi connectivity index (χ1) is 15.1. The van der Waals surface area contributed by atoms with Gasteiger partial charge in [-0.3, -0.25) is 14.4 Å². The van der Waals surface area contributed by atoms with Crippen LogP contribution in [0.4, 0.5) is 5.69 Å². The topological polar surface area (TPSA) is 87.7 Å². The molecule has 1 aliphatic heterocycles. The van der Waals surface area contributed by atoms with Gasteiger partial charge >= 0.3 is 11.8 Å². The van der Waals surface area contributed by atoms with E-state index in [9.17, 15) is 14.4 Å². The summed E-state index contributed by atoms with van der Waals surface area (Å²) in [5.41, 5.74) is 1.65. The van der Waals surface area contributed by atoms with Crippen molar-refractivity contribution in [3.05, 3.63) is 60.2 Å². The number of benzene rings is 2. The van der Waals surface area contributed by atoms with Crippen molar-refractivity contribution in [3.8, 4) is 5.75 Å². The van der Waals surface area contributed by atoms with Crippen LogP contribution in [0.3, 0.4) is 0 Å². The summed E-state index contributed by atoms with van der Waals surface area (Å²) in [5, 5.41) is 5.40. The molecule has 0 aromatic heterocycles. The van der Waals surface area contributed by atoms with Gasteiger partial charge in [0.25, 0.3) is 5.91 Å². The number of piperidine rings is 1. The predicted molar refractivity (Wildman–Crippen MR) is 119 cm³/mol. The molecule has 7 heteroatoms. The van der Waals surface area contributed by atoms with Crippen molar-refractivity contribution in [2.24, 2.45) is 5.92 Å². The van der Waals surface area contributed by atoms with E-state index in [-0.39, 0.29) is 18.4 Å². The van der Waals surface area contributed by atoms with Crippen molar-refractivity contribution in [1.82, 2.24) is 10.2 Å². The summed E-state index contributed by atoms with van der Waals surface area (Å²) in [6.07, 6.45) is 2.32. The minimum Gasteiger partial charge on any atom is -0.484 e. The van der Waals surface area contributed by atoms with Gasteiger partial charge in [0, 0.05) is 25.3 Å². The Morgan fingerprint density at radius 1 is 0.968 bits per heavy atom. The number of likely N-dealkylation sites (tertiary alicyclic amines) is 1. The van der Waals surface area contributed by atoms with Crippen LogP contribution in [0, 0.1) is 5.92 Å². The first-order valence-corrected chi connectivity index (χ1v) is 10.7. The molecule has 2 aromatic rings. The molecule has 31 heavy (non-hydrogen) atoms. The second-order valence-electron chi connectivity index (χ2n) is 7.60. The van der Waals surface area contributed by atoms with E-state index in [4.69, 9.17) is 4.74 Å². The number of para-hydroxylation sites is 2. The Hall–Kier alpha value is -3.35. The van der Waals surface area contributed by atoms with E-state index in [0.717, 1.165) is 24.8 Å². The lowest BCUT2D eigenvalue weighted by atomic mass is 9.96. The zero-order chi connectivity index (χ0) is 22.1. The zero-order valence-electron chi connectivity index (χ0n) is 17.8. The Bertz CT molecular complexity index is 893. The second-order valence-corrected chi connectivity index (χ2v) is 7.60. The van der Waals surface area contributed by atoms with Crippen molar-refractivity contribution in [2.45, 2.75) is 26.2 Å². The number of carbonyl (C=O) groups excluding carboxylic acids is 3. The fourth-order valence-corrected chi connectivity index (χ4v) is 3.59. The van der Waals surface area contributed by atoms with Crippen LogP contribution in [0.2, 0.25) is 0 Å². The van der Waals surface area contributed by atoms with Crippen molar-refractivity contribution in [1.29, 1.82) is 0 Å². The van der Waals surface area contributed by atoms with Crippen LogP contribution in [0.1, 0.15) is 25.3 Å². The van der Waals surface area contributed by atoms with E-state index in [1.54, 1.807) is 11.0 Å². The highest BCUT2D eigenvalue weighted by Gasteiger charge is 2.24. The van der Waals surface area contributed by atoms with Crippen molar-refractivity contribution >= 4 is 23.4 Å². The summed E-state index contributed by atoms with van der Waals surface area (Å²) >= 11 is 0. The smallest absolute Gasteiger partial charge is 0.313 e. The summed E-state index contributed by atoms with van der Waals surface area (Å²) in [7, 11) is 0. The SMILES string of the molecule is CCc1ccccc1NC(=O)C(=O)NCC1CCN(C(=O)COc2ccccc2)CC1. The van der Waals surface area contributed by atoms with Gasteiger partial charge in [-0.2, -0.15) is 0 Å². The predicted octanol–water partition coefficient (Wildman–Crippen LogP) is 2.62. The van der Waals surface area contributed by atoms with Crippen molar-refractivity contribution < 1.29 is 19.1 Å². The number of ether oxygens (including phenoxy) is 1. The Morgan fingerprint density at radius 3 is 2.35 bits per heavy atom. The van der Waals surface area contributed by atoms with Crippen LogP contribution in [0.15, 0.2) is 54.6 Å². The summed E-state index contributed by atoms with van der Waals surface area (Å²) in [6.45, 7) is 3.67. The molecule has 0 aliphatic carbocycles. The fraction of sp³-hybridized carbons (Fsp3) is 0.375. The second kappa shape index (κ2) is 11.2. The lowest BCUT2D eigenvalue weighted by Gasteiger charge is -2.32. The number of aryl methyl sites for hydroxylation is 1. The first kappa shape index (κ1) is 22.3. The third kappa shape index (κ3) is 6.57. The van der Waals surface area contributed by atoms with E-state index in [1.807, 2.05) is 55.5 Å². The van der Waals surface area contributed by atoms with Crippen LogP contribution in [0.25, 0.3) is 0 Å². The van der Waals surface area contributed by atoms with Gasteiger partial charge in [0.2, 0.25) is 0 Å². The lowest BCUT2D eigenvalue weighted by molar-refractivity contribution is -0.136. The maximum Gasteiger partial charge on any atom is 0.313 e. The van der Waals surface area contributed by atoms with Crippen molar-refractivity contribution in [3.63, 3.8) is 0 Å². The Labute approximate surface area is 182 Å². The van der Waals surface area contributed by atoms with E-state index < -0.39 is 11.8 Å². The third-order valence-electron chi connectivity index (χ3n) is 5.48. The average Bonchev–Trinajstić information content (AvgIpc) is 2.82. The molecule has 7 nitrogen and oxygen atoms in total. The number of amides is 3. The van der Waals surface area contributed by atoms with Crippen LogP contribution in [-0.4, -0.2) is 48.9 Å². The van der Waals surface area contributed by atoms with Gasteiger partial charge in [0.1, 0.15) is 5.75 Å². The molecule has 0 saturated carbocycles. The molecule has 1 heterocycles. The number of nitrogens with zero attached hydrogens (tertiary/aromatic N) is 1. The minimum absolute atomic E-state index is 0.0187. The van der Waals surface area contributed by atoms with Crippen LogP contribution in [0.5, 0.6) is 5.75 Å². The zero-order valence-corrected chi connectivity index (χ0v) is 17.8. The van der Waals surface area contributed by atoms with Crippen LogP contribution >= 0.6 is 0 Å². The summed E-state index contributed by atoms with van der Waals surface area (Å²) in [4.78, 5) is 38.5. The molecule has 3 amide bonds. The molecule has 0 radical (unpaired) electrons. The van der Waals surface area contributed by atoms with Gasteiger partial charge in [-0.25, -0.2) is 0 Å². The molecule has 1 aliphatic rings. The van der Waals surface area contributed by atoms with Gasteiger partial charge < -0.3 is 20.3 Å². The third-order valence-corrected chi connectivity index (χ3v) is 5.48. The number of nitrogens with one attached hydrogen (secondary N) is 2. The molecule has 0 atom stereocenters. The molecule has 1 fully saturated rings. The molecule has 0 bridgehead atoms. The fourth-order valence-electron chi connectivity index (χ4n) is 3.59. The molecular formula is C24H29N3O4. The Balaban J connectivity index is 1.37. The Morgan fingerprint density at radius 2 is 1.65 bits per heavy atom. The van der Waals surface area contributed by atoms with Gasteiger partial charge in [-0.1, -0.05) is 43.3 Å². The number of carbonyl (C=O) groups is 3. The maximum atomic E-state index is 12.3. The van der Waals surface area contributed by atoms with Gasteiger partial charge in [-0.05, 0) is 48.9 Å². The average molecular weight is 424 g/mol. The highest BCUT2D eigenvalue weighted by atomic mass is 16.5. The molecule has 2 N–H and O–H groups in total. The summed E-state index contributed by atoms with van der Waals surface area (Å²) in [5.74, 6) is -0.431. The quantitative estimate of drug-likeness (QED) is 0.670. The van der Waals surface area contributed by atoms with Gasteiger partial charge in [0.05, 0.1) is 0 Å². The molecule has 0 unspecified atom stereocenters. The number of hydrogen-bond donors (Lipinski definition) is 2. The monoisotopic (exact) mass is 423 g/mol. The molecule has 2 aromatic carbocycles. The maximum absolute atomic E-state index is 12.3. The Kier molecular flexibility index (Phi) is 8.04. The standard InChI is InChI=1S/C24H29N3O4/c1-2-19-8-6-7-11-21(19)26-24(30)23(29)25-16-18-12-14-27(15-13-18)22(28)17-31-20-9-4-3-5-10-20/h3-11,18H,2,12-17H2,1H3,(H,25,29)(H,26,30). The van der Waals surface area contributed by atoms with E-state index in [2.05, 4.69) is 10.6 Å². The van der Waals surface area contributed by atoms with Crippen molar-refractivity contribution in [2.75, 3.05) is 31.6 Å². The van der Waals surface area contributed by atoms with E-state index >= 15 is 0 Å². The highest BCUT2D eigenvalue weighted by Crippen LogP contribution is 2.18. The number of hydrogen-bond acceptors (Lipinski definition) is 4. The summed E-state index contributed by atoms with van der Waals surface area (Å²) < 4.78 is 5.53. The largest absolute Gasteiger partial charge is 0.484 e. The normalized spacial score (nSPS) is 14.0. The highest BCUT2D eigenvalue weighted by molar-refractivity contribution is 6.39. The number of rotatable bonds is 7. The first-order valence-electron chi connectivity index (χ1n) is 10.7. The molecule has 1 saturated heterocycles. The van der Waals surface area contributed by atoms with Gasteiger partial charge in [0.15, 0.2) is 6.61 Å². The molecular weight excluding hydrogens is 394 g/mol. The molecule has 3 rings (SSSR count). The van der Waals surface area contributed by atoms with Crippen LogP contribution in [-0.2, 0) is 20.8 Å². The summed E-state index contributed by atoms with van der Waals surface area (Å²) in [6, 6.07) is 16.7. The van der Waals surface area contributed by atoms with Gasteiger partial charge in [-0.15, -0.1) is 0 Å². The number of anilines is 1. The van der Waals surface area contributed by atoms with E-state index in [0.29, 0.717) is 31.1 Å². The van der Waals surface area contributed by atoms with E-state index in [1.165, 1.54) is 0 Å².